The molecule has 0 aromatic heterocycles. The van der Waals surface area contributed by atoms with Gasteiger partial charge < -0.3 is 20.9 Å². The lowest BCUT2D eigenvalue weighted by Crippen LogP contribution is -2.37. The number of ether oxygens (including phenoxy) is 1. The third-order valence-corrected chi connectivity index (χ3v) is 3.69. The third kappa shape index (κ3) is 4.03. The zero-order chi connectivity index (χ0) is 15.4. The summed E-state index contributed by atoms with van der Waals surface area (Å²) in [5, 5.41) is 11.6. The molecule has 0 saturated carbocycles. The second-order valence-electron chi connectivity index (χ2n) is 5.42. The zero-order valence-electron chi connectivity index (χ0n) is 11.9. The fraction of sp³-hybridized carbons (Fsp3) is 0.467. The van der Waals surface area contributed by atoms with Gasteiger partial charge in [-0.15, -0.1) is 0 Å². The minimum atomic E-state index is -0.824. The maximum absolute atomic E-state index is 12.0. The van der Waals surface area contributed by atoms with Crippen molar-refractivity contribution in [2.45, 2.75) is 25.3 Å². The fourth-order valence-corrected chi connectivity index (χ4v) is 2.35. The number of anilines is 1. The second kappa shape index (κ2) is 6.69. The van der Waals surface area contributed by atoms with Crippen LogP contribution >= 0.6 is 0 Å². The number of carboxylic acid groups (broad SMARTS) is 1. The van der Waals surface area contributed by atoms with Crippen molar-refractivity contribution in [2.75, 3.05) is 18.5 Å². The Labute approximate surface area is 123 Å². The molecule has 6 nitrogen and oxygen atoms in total. The molecule has 1 aliphatic rings. The van der Waals surface area contributed by atoms with Crippen LogP contribution in [0.2, 0.25) is 0 Å². The number of carboxylic acids is 1. The Kier molecular flexibility index (Phi) is 4.93. The number of hydrogen-bond acceptors (Lipinski definition) is 4. The summed E-state index contributed by atoms with van der Waals surface area (Å²) in [6, 6.07) is 6.93. The number of amides is 1. The molecule has 0 aliphatic carbocycles. The number of carbonyl (C=O) groups excluding carboxylic acids is 1. The third-order valence-electron chi connectivity index (χ3n) is 3.69. The standard InChI is InChI=1S/C15H20N2O4/c1-9(6-14(18)19)10-2-4-11(5-3-10)17-15(20)12-7-21-8-13(12)16/h2-5,9,12-13H,6-8,16H2,1H3,(H,17,20)(H,18,19). The molecule has 1 aromatic rings. The molecule has 2 rings (SSSR count). The van der Waals surface area contributed by atoms with Gasteiger partial charge in [0.2, 0.25) is 5.91 Å². The van der Waals surface area contributed by atoms with Crippen LogP contribution in [0.3, 0.4) is 0 Å². The number of hydrogen-bond donors (Lipinski definition) is 3. The first-order valence-corrected chi connectivity index (χ1v) is 6.93. The number of nitrogens with one attached hydrogen (secondary N) is 1. The quantitative estimate of drug-likeness (QED) is 0.756. The summed E-state index contributed by atoms with van der Waals surface area (Å²) < 4.78 is 5.17. The first kappa shape index (κ1) is 15.5. The van der Waals surface area contributed by atoms with E-state index in [0.717, 1.165) is 5.56 Å². The van der Waals surface area contributed by atoms with Gasteiger partial charge in [-0.25, -0.2) is 0 Å². The molecule has 0 bridgehead atoms. The second-order valence-corrected chi connectivity index (χ2v) is 5.42. The Morgan fingerprint density at radius 1 is 1.38 bits per heavy atom. The van der Waals surface area contributed by atoms with E-state index in [-0.39, 0.29) is 30.2 Å². The Hall–Kier alpha value is -1.92. The Morgan fingerprint density at radius 2 is 2.05 bits per heavy atom. The van der Waals surface area contributed by atoms with Crippen LogP contribution in [0, 0.1) is 5.92 Å². The molecule has 3 atom stereocenters. The van der Waals surface area contributed by atoms with E-state index in [4.69, 9.17) is 15.6 Å². The number of nitrogens with two attached hydrogens (primary N) is 1. The highest BCUT2D eigenvalue weighted by atomic mass is 16.5. The van der Waals surface area contributed by atoms with E-state index in [9.17, 15) is 9.59 Å². The molecule has 1 fully saturated rings. The normalized spacial score (nSPS) is 22.8. The first-order valence-electron chi connectivity index (χ1n) is 6.93. The highest BCUT2D eigenvalue weighted by molar-refractivity contribution is 5.93. The van der Waals surface area contributed by atoms with Gasteiger partial charge in [0, 0.05) is 11.7 Å². The molecule has 6 heteroatoms. The smallest absolute Gasteiger partial charge is 0.303 e. The molecule has 21 heavy (non-hydrogen) atoms. The highest BCUT2D eigenvalue weighted by Gasteiger charge is 2.31. The number of carbonyl (C=O) groups is 2. The van der Waals surface area contributed by atoms with Crippen LogP contribution in [0.5, 0.6) is 0 Å². The number of benzene rings is 1. The average Bonchev–Trinajstić information content (AvgIpc) is 2.85. The average molecular weight is 292 g/mol. The van der Waals surface area contributed by atoms with Crippen molar-refractivity contribution in [3.8, 4) is 0 Å². The zero-order valence-corrected chi connectivity index (χ0v) is 11.9. The van der Waals surface area contributed by atoms with Gasteiger partial charge in [-0.1, -0.05) is 19.1 Å². The van der Waals surface area contributed by atoms with Crippen molar-refractivity contribution in [3.05, 3.63) is 29.8 Å². The van der Waals surface area contributed by atoms with Gasteiger partial charge in [-0.05, 0) is 23.6 Å². The predicted molar refractivity (Wildman–Crippen MR) is 78.0 cm³/mol. The maximum Gasteiger partial charge on any atom is 0.303 e. The summed E-state index contributed by atoms with van der Waals surface area (Å²) in [7, 11) is 0. The van der Waals surface area contributed by atoms with Gasteiger partial charge in [0.15, 0.2) is 0 Å². The van der Waals surface area contributed by atoms with E-state index >= 15 is 0 Å². The summed E-state index contributed by atoms with van der Waals surface area (Å²) in [6.07, 6.45) is 0.0833. The topological polar surface area (TPSA) is 102 Å². The Bertz CT molecular complexity index is 515. The molecule has 114 valence electrons. The molecule has 1 amide bonds. The number of aliphatic carboxylic acids is 1. The van der Waals surface area contributed by atoms with E-state index in [2.05, 4.69) is 5.32 Å². The van der Waals surface area contributed by atoms with Gasteiger partial charge in [0.05, 0.1) is 25.6 Å². The molecule has 4 N–H and O–H groups in total. The van der Waals surface area contributed by atoms with Crippen LogP contribution in [0.25, 0.3) is 0 Å². The molecular formula is C15H20N2O4. The largest absolute Gasteiger partial charge is 0.481 e. The van der Waals surface area contributed by atoms with Crippen LogP contribution in [0.15, 0.2) is 24.3 Å². The fourth-order valence-electron chi connectivity index (χ4n) is 2.35. The van der Waals surface area contributed by atoms with Crippen molar-refractivity contribution in [2.24, 2.45) is 11.7 Å². The summed E-state index contributed by atoms with van der Waals surface area (Å²) in [4.78, 5) is 22.7. The van der Waals surface area contributed by atoms with E-state index < -0.39 is 5.97 Å². The summed E-state index contributed by atoms with van der Waals surface area (Å²) in [5.74, 6) is -1.36. The van der Waals surface area contributed by atoms with Crippen molar-refractivity contribution in [1.82, 2.24) is 0 Å². The Balaban J connectivity index is 1.96. The van der Waals surface area contributed by atoms with Crippen molar-refractivity contribution in [3.63, 3.8) is 0 Å². The molecule has 1 saturated heterocycles. The Morgan fingerprint density at radius 3 is 2.57 bits per heavy atom. The van der Waals surface area contributed by atoms with Crippen molar-refractivity contribution in [1.29, 1.82) is 0 Å². The first-order chi connectivity index (χ1) is 9.97. The lowest BCUT2D eigenvalue weighted by atomic mass is 9.97. The predicted octanol–water partition coefficient (Wildman–Crippen LogP) is 1.18. The summed E-state index contributed by atoms with van der Waals surface area (Å²) in [5.41, 5.74) is 7.40. The lowest BCUT2D eigenvalue weighted by Gasteiger charge is -2.14. The lowest BCUT2D eigenvalue weighted by molar-refractivity contribution is -0.137. The maximum atomic E-state index is 12.0. The van der Waals surface area contributed by atoms with Crippen LogP contribution in [-0.2, 0) is 14.3 Å². The molecule has 1 heterocycles. The summed E-state index contributed by atoms with van der Waals surface area (Å²) >= 11 is 0. The van der Waals surface area contributed by atoms with Crippen LogP contribution in [0.1, 0.15) is 24.8 Å². The van der Waals surface area contributed by atoms with Crippen LogP contribution in [0.4, 0.5) is 5.69 Å². The van der Waals surface area contributed by atoms with E-state index in [0.29, 0.717) is 18.9 Å². The summed E-state index contributed by atoms with van der Waals surface area (Å²) in [6.45, 7) is 2.61. The minimum absolute atomic E-state index is 0.0658. The van der Waals surface area contributed by atoms with Crippen LogP contribution < -0.4 is 11.1 Å². The minimum Gasteiger partial charge on any atom is -0.481 e. The molecule has 3 unspecified atom stereocenters. The van der Waals surface area contributed by atoms with E-state index in [1.165, 1.54) is 0 Å². The van der Waals surface area contributed by atoms with E-state index in [1.54, 1.807) is 12.1 Å². The molecular weight excluding hydrogens is 272 g/mol. The van der Waals surface area contributed by atoms with Gasteiger partial charge >= 0.3 is 5.97 Å². The van der Waals surface area contributed by atoms with E-state index in [1.807, 2.05) is 19.1 Å². The van der Waals surface area contributed by atoms with Crippen molar-refractivity contribution >= 4 is 17.6 Å². The van der Waals surface area contributed by atoms with Crippen LogP contribution in [-0.4, -0.2) is 36.2 Å². The highest BCUT2D eigenvalue weighted by Crippen LogP contribution is 2.22. The van der Waals surface area contributed by atoms with Gasteiger partial charge in [0.25, 0.3) is 0 Å². The van der Waals surface area contributed by atoms with Gasteiger partial charge in [0.1, 0.15) is 0 Å². The molecule has 0 radical (unpaired) electrons. The molecule has 1 aromatic carbocycles. The van der Waals surface area contributed by atoms with Gasteiger partial charge in [-0.3, -0.25) is 9.59 Å². The van der Waals surface area contributed by atoms with Crippen molar-refractivity contribution < 1.29 is 19.4 Å². The SMILES string of the molecule is CC(CC(=O)O)c1ccc(NC(=O)C2COCC2N)cc1. The molecule has 1 aliphatic heterocycles. The van der Waals surface area contributed by atoms with Gasteiger partial charge in [-0.2, -0.15) is 0 Å². The monoisotopic (exact) mass is 292 g/mol. The molecule has 0 spiro atoms. The number of rotatable bonds is 5.